The second-order valence-electron chi connectivity index (χ2n) is 6.93. The van der Waals surface area contributed by atoms with Gasteiger partial charge in [-0.15, -0.1) is 0 Å². The summed E-state index contributed by atoms with van der Waals surface area (Å²) >= 11 is 0. The molecule has 5 nitrogen and oxygen atoms in total. The van der Waals surface area contributed by atoms with Gasteiger partial charge in [0, 0.05) is 25.7 Å². The van der Waals surface area contributed by atoms with Crippen LogP contribution in [-0.4, -0.2) is 48.2 Å². The molecule has 1 aromatic heterocycles. The third kappa shape index (κ3) is 4.09. The number of pyridine rings is 1. The van der Waals surface area contributed by atoms with Gasteiger partial charge < -0.3 is 14.4 Å². The van der Waals surface area contributed by atoms with Crippen LogP contribution in [-0.2, 0) is 20.9 Å². The number of carbonyl (C=O) groups excluding carboxylic acids is 1. The molecule has 5 heteroatoms. The molecule has 1 aromatic rings. The summed E-state index contributed by atoms with van der Waals surface area (Å²) in [4.78, 5) is 17.8. The number of piperidine rings is 1. The molecule has 0 radical (unpaired) electrons. The molecule has 2 fully saturated rings. The van der Waals surface area contributed by atoms with Gasteiger partial charge in [0.05, 0.1) is 31.6 Å². The van der Waals surface area contributed by atoms with E-state index in [1.807, 2.05) is 30.0 Å². The van der Waals surface area contributed by atoms with Gasteiger partial charge in [0.2, 0.25) is 5.91 Å². The standard InChI is InChI=1S/C18H26N2O3/c1-14-4-3-5-16(19-14)11-22-12-17-10-18(13-23-17)6-8-20(9-7-18)15(2)21/h3-5,17H,6-13H2,1-2H3/t17-/m1/s1. The molecule has 2 saturated heterocycles. The van der Waals surface area contributed by atoms with Crippen LogP contribution in [0.15, 0.2) is 18.2 Å². The first-order chi connectivity index (χ1) is 11.1. The molecule has 1 spiro atoms. The van der Waals surface area contributed by atoms with Crippen molar-refractivity contribution in [2.75, 3.05) is 26.3 Å². The van der Waals surface area contributed by atoms with E-state index in [0.717, 1.165) is 50.3 Å². The molecule has 0 aliphatic carbocycles. The number of aromatic nitrogens is 1. The second-order valence-corrected chi connectivity index (χ2v) is 6.93. The number of nitrogens with zero attached hydrogens (tertiary/aromatic N) is 2. The lowest BCUT2D eigenvalue weighted by Gasteiger charge is -2.38. The maximum Gasteiger partial charge on any atom is 0.219 e. The van der Waals surface area contributed by atoms with E-state index in [-0.39, 0.29) is 17.4 Å². The van der Waals surface area contributed by atoms with Gasteiger partial charge in [-0.05, 0) is 43.7 Å². The third-order valence-corrected chi connectivity index (χ3v) is 5.06. The molecule has 1 amide bonds. The minimum Gasteiger partial charge on any atom is -0.375 e. The van der Waals surface area contributed by atoms with Crippen molar-refractivity contribution >= 4 is 5.91 Å². The molecular weight excluding hydrogens is 292 g/mol. The first kappa shape index (κ1) is 16.4. The summed E-state index contributed by atoms with van der Waals surface area (Å²) in [6.45, 7) is 7.31. The minimum atomic E-state index is 0.170. The van der Waals surface area contributed by atoms with E-state index < -0.39 is 0 Å². The van der Waals surface area contributed by atoms with Crippen molar-refractivity contribution in [3.8, 4) is 0 Å². The van der Waals surface area contributed by atoms with Crippen molar-refractivity contribution in [3.05, 3.63) is 29.6 Å². The Morgan fingerprint density at radius 1 is 1.43 bits per heavy atom. The summed E-state index contributed by atoms with van der Waals surface area (Å²) in [7, 11) is 0. The quantitative estimate of drug-likeness (QED) is 0.855. The smallest absolute Gasteiger partial charge is 0.219 e. The zero-order chi connectivity index (χ0) is 16.3. The number of aryl methyl sites for hydroxylation is 1. The molecule has 1 atom stereocenters. The molecule has 0 N–H and O–H groups in total. The molecular formula is C18H26N2O3. The SMILES string of the molecule is CC(=O)N1CCC2(CC1)CO[C@@H](COCc1cccc(C)n1)C2. The van der Waals surface area contributed by atoms with Gasteiger partial charge >= 0.3 is 0 Å². The molecule has 2 aliphatic rings. The summed E-state index contributed by atoms with van der Waals surface area (Å²) in [5.41, 5.74) is 2.23. The number of ether oxygens (including phenoxy) is 2. The van der Waals surface area contributed by atoms with E-state index in [1.165, 1.54) is 0 Å². The topological polar surface area (TPSA) is 51.7 Å². The largest absolute Gasteiger partial charge is 0.375 e. The Kier molecular flexibility index (Phi) is 4.97. The lowest BCUT2D eigenvalue weighted by Crippen LogP contribution is -2.42. The van der Waals surface area contributed by atoms with E-state index in [2.05, 4.69) is 4.98 Å². The van der Waals surface area contributed by atoms with Crippen LogP contribution in [0, 0.1) is 12.3 Å². The lowest BCUT2D eigenvalue weighted by molar-refractivity contribution is -0.131. The molecule has 3 heterocycles. The zero-order valence-electron chi connectivity index (χ0n) is 14.1. The number of carbonyl (C=O) groups is 1. The van der Waals surface area contributed by atoms with Crippen LogP contribution in [0.1, 0.15) is 37.6 Å². The van der Waals surface area contributed by atoms with Crippen LogP contribution in [0.25, 0.3) is 0 Å². The van der Waals surface area contributed by atoms with Crippen molar-refractivity contribution in [1.29, 1.82) is 0 Å². The summed E-state index contributed by atoms with van der Waals surface area (Å²) in [5, 5.41) is 0. The van der Waals surface area contributed by atoms with Crippen LogP contribution >= 0.6 is 0 Å². The monoisotopic (exact) mass is 318 g/mol. The van der Waals surface area contributed by atoms with Crippen molar-refractivity contribution in [1.82, 2.24) is 9.88 Å². The molecule has 23 heavy (non-hydrogen) atoms. The fourth-order valence-corrected chi connectivity index (χ4v) is 3.62. The Hall–Kier alpha value is -1.46. The Balaban J connectivity index is 1.43. The van der Waals surface area contributed by atoms with Crippen LogP contribution < -0.4 is 0 Å². The fraction of sp³-hybridized carbons (Fsp3) is 0.667. The fourth-order valence-electron chi connectivity index (χ4n) is 3.62. The Labute approximate surface area is 138 Å². The highest BCUT2D eigenvalue weighted by molar-refractivity contribution is 5.73. The maximum atomic E-state index is 11.4. The minimum absolute atomic E-state index is 0.170. The Morgan fingerprint density at radius 2 is 2.22 bits per heavy atom. The van der Waals surface area contributed by atoms with E-state index in [4.69, 9.17) is 9.47 Å². The van der Waals surface area contributed by atoms with Gasteiger partial charge in [-0.25, -0.2) is 0 Å². The van der Waals surface area contributed by atoms with Crippen molar-refractivity contribution in [3.63, 3.8) is 0 Å². The summed E-state index contributed by atoms with van der Waals surface area (Å²) in [6.07, 6.45) is 3.30. The normalized spacial score (nSPS) is 23.4. The number of hydrogen-bond donors (Lipinski definition) is 0. The van der Waals surface area contributed by atoms with Gasteiger partial charge in [0.15, 0.2) is 0 Å². The highest BCUT2D eigenvalue weighted by Crippen LogP contribution is 2.42. The first-order valence-corrected chi connectivity index (χ1v) is 8.44. The van der Waals surface area contributed by atoms with Gasteiger partial charge in [0.1, 0.15) is 0 Å². The van der Waals surface area contributed by atoms with Crippen molar-refractivity contribution < 1.29 is 14.3 Å². The Bertz CT molecular complexity index is 553. The molecule has 2 aliphatic heterocycles. The summed E-state index contributed by atoms with van der Waals surface area (Å²) in [6, 6.07) is 5.98. The molecule has 0 aromatic carbocycles. The van der Waals surface area contributed by atoms with E-state index in [0.29, 0.717) is 13.2 Å². The van der Waals surface area contributed by atoms with Crippen LogP contribution in [0.2, 0.25) is 0 Å². The summed E-state index contributed by atoms with van der Waals surface area (Å²) < 4.78 is 11.8. The lowest BCUT2D eigenvalue weighted by atomic mass is 9.76. The predicted molar refractivity (Wildman–Crippen MR) is 86.9 cm³/mol. The zero-order valence-corrected chi connectivity index (χ0v) is 14.1. The van der Waals surface area contributed by atoms with Crippen molar-refractivity contribution in [2.24, 2.45) is 5.41 Å². The molecule has 126 valence electrons. The molecule has 0 saturated carbocycles. The van der Waals surface area contributed by atoms with Gasteiger partial charge in [-0.3, -0.25) is 9.78 Å². The third-order valence-electron chi connectivity index (χ3n) is 5.06. The van der Waals surface area contributed by atoms with E-state index in [1.54, 1.807) is 6.92 Å². The van der Waals surface area contributed by atoms with Crippen LogP contribution in [0.4, 0.5) is 0 Å². The number of likely N-dealkylation sites (tertiary alicyclic amines) is 1. The molecule has 0 unspecified atom stereocenters. The molecule has 0 bridgehead atoms. The number of amides is 1. The van der Waals surface area contributed by atoms with E-state index in [9.17, 15) is 4.79 Å². The average molecular weight is 318 g/mol. The van der Waals surface area contributed by atoms with Crippen LogP contribution in [0.3, 0.4) is 0 Å². The van der Waals surface area contributed by atoms with Gasteiger partial charge in [-0.1, -0.05) is 6.07 Å². The van der Waals surface area contributed by atoms with Gasteiger partial charge in [-0.2, -0.15) is 0 Å². The maximum absolute atomic E-state index is 11.4. The first-order valence-electron chi connectivity index (χ1n) is 8.44. The highest BCUT2D eigenvalue weighted by atomic mass is 16.5. The van der Waals surface area contributed by atoms with Crippen molar-refractivity contribution in [2.45, 2.75) is 45.8 Å². The highest BCUT2D eigenvalue weighted by Gasteiger charge is 2.42. The second kappa shape index (κ2) is 6.97. The number of rotatable bonds is 4. The number of hydrogen-bond acceptors (Lipinski definition) is 4. The molecule has 3 rings (SSSR count). The summed E-state index contributed by atoms with van der Waals surface area (Å²) in [5.74, 6) is 0.185. The average Bonchev–Trinajstić information content (AvgIpc) is 2.91. The van der Waals surface area contributed by atoms with Crippen LogP contribution in [0.5, 0.6) is 0 Å². The van der Waals surface area contributed by atoms with E-state index >= 15 is 0 Å². The van der Waals surface area contributed by atoms with Gasteiger partial charge in [0.25, 0.3) is 0 Å². The Morgan fingerprint density at radius 3 is 2.91 bits per heavy atom. The predicted octanol–water partition coefficient (Wildman–Crippen LogP) is 2.32.